The summed E-state index contributed by atoms with van der Waals surface area (Å²) in [5.74, 6) is 1.51. The molecule has 2 rings (SSSR count). The lowest BCUT2D eigenvalue weighted by Crippen LogP contribution is -2.28. The quantitative estimate of drug-likeness (QED) is 0.848. The van der Waals surface area contributed by atoms with Gasteiger partial charge in [-0.15, -0.1) is 0 Å². The topological polar surface area (TPSA) is 41.1 Å². The summed E-state index contributed by atoms with van der Waals surface area (Å²) in [6, 6.07) is 0.624. The van der Waals surface area contributed by atoms with Crippen molar-refractivity contribution in [2.45, 2.75) is 38.6 Å². The van der Waals surface area contributed by atoms with Crippen molar-refractivity contribution < 1.29 is 0 Å². The first-order valence-corrected chi connectivity index (χ1v) is 6.61. The van der Waals surface area contributed by atoms with Gasteiger partial charge in [-0.3, -0.25) is 0 Å². The molecule has 1 aliphatic carbocycles. The Morgan fingerprint density at radius 3 is 2.88 bits per heavy atom. The Morgan fingerprint density at radius 2 is 2.29 bits per heavy atom. The Labute approximate surface area is 107 Å². The Balaban J connectivity index is 2.21. The van der Waals surface area contributed by atoms with Crippen molar-refractivity contribution in [1.82, 2.24) is 9.97 Å². The number of unbranched alkanes of at least 4 members (excludes halogenated alkanes) is 1. The first kappa shape index (κ1) is 12.4. The van der Waals surface area contributed by atoms with E-state index in [1.54, 1.807) is 6.20 Å². The molecule has 0 saturated heterocycles. The third-order valence-corrected chi connectivity index (χ3v) is 3.23. The maximum Gasteiger partial charge on any atom is 0.224 e. The molecule has 1 N–H and O–H groups in total. The minimum Gasteiger partial charge on any atom is -0.357 e. The van der Waals surface area contributed by atoms with Gasteiger partial charge >= 0.3 is 0 Å². The molecule has 1 saturated carbocycles. The van der Waals surface area contributed by atoms with Crippen LogP contribution in [-0.4, -0.2) is 29.6 Å². The van der Waals surface area contributed by atoms with Crippen LogP contribution in [0, 0.1) is 0 Å². The highest BCUT2D eigenvalue weighted by Crippen LogP contribution is 2.34. The van der Waals surface area contributed by atoms with Crippen molar-refractivity contribution in [2.24, 2.45) is 0 Å². The van der Waals surface area contributed by atoms with Crippen molar-refractivity contribution in [3.8, 4) is 0 Å². The average Bonchev–Trinajstić information content (AvgIpc) is 3.16. The third-order valence-electron chi connectivity index (χ3n) is 2.96. The fourth-order valence-electron chi connectivity index (χ4n) is 1.86. The van der Waals surface area contributed by atoms with Crippen LogP contribution in [0.25, 0.3) is 0 Å². The lowest BCUT2D eigenvalue weighted by Gasteiger charge is -2.24. The monoisotopic (exact) mass is 254 g/mol. The van der Waals surface area contributed by atoms with Crippen LogP contribution >= 0.6 is 11.6 Å². The highest BCUT2D eigenvalue weighted by molar-refractivity contribution is 6.32. The van der Waals surface area contributed by atoms with E-state index >= 15 is 0 Å². The number of nitrogens with zero attached hydrogens (tertiary/aromatic N) is 3. The maximum atomic E-state index is 6.20. The van der Waals surface area contributed by atoms with Gasteiger partial charge in [0, 0.05) is 19.6 Å². The van der Waals surface area contributed by atoms with E-state index in [2.05, 4.69) is 27.1 Å². The van der Waals surface area contributed by atoms with Gasteiger partial charge in [0.2, 0.25) is 5.95 Å². The summed E-state index contributed by atoms with van der Waals surface area (Å²) in [5.41, 5.74) is 0. The van der Waals surface area contributed by atoms with Gasteiger partial charge in [0.05, 0.1) is 6.20 Å². The summed E-state index contributed by atoms with van der Waals surface area (Å²) in [6.07, 6.45) is 6.53. The molecule has 1 aromatic heterocycles. The molecular formula is C12H19ClN4. The molecule has 0 radical (unpaired) electrons. The van der Waals surface area contributed by atoms with Crippen molar-refractivity contribution >= 4 is 23.4 Å². The van der Waals surface area contributed by atoms with Crippen LogP contribution in [0.1, 0.15) is 32.6 Å². The van der Waals surface area contributed by atoms with Crippen LogP contribution in [0.15, 0.2) is 6.20 Å². The van der Waals surface area contributed by atoms with E-state index in [9.17, 15) is 0 Å². The second kappa shape index (κ2) is 5.54. The Bertz CT molecular complexity index is 379. The van der Waals surface area contributed by atoms with E-state index in [1.165, 1.54) is 25.7 Å². The highest BCUT2D eigenvalue weighted by atomic mass is 35.5. The zero-order valence-corrected chi connectivity index (χ0v) is 11.2. The first-order valence-electron chi connectivity index (χ1n) is 6.23. The van der Waals surface area contributed by atoms with Gasteiger partial charge in [-0.05, 0) is 19.3 Å². The smallest absolute Gasteiger partial charge is 0.224 e. The molecule has 17 heavy (non-hydrogen) atoms. The number of halogens is 1. The third kappa shape index (κ3) is 3.00. The zero-order valence-electron chi connectivity index (χ0n) is 10.4. The minimum atomic E-state index is 0.624. The molecule has 0 aromatic carbocycles. The molecule has 1 aliphatic rings. The summed E-state index contributed by atoms with van der Waals surface area (Å²) in [6.45, 7) is 3.23. The predicted octanol–water partition coefficient (Wildman–Crippen LogP) is 2.94. The SMILES string of the molecule is CCCCN(c1nc(NC)ncc1Cl)C1CC1. The van der Waals surface area contributed by atoms with Gasteiger partial charge in [-0.2, -0.15) is 4.98 Å². The van der Waals surface area contributed by atoms with Crippen molar-refractivity contribution in [3.63, 3.8) is 0 Å². The largest absolute Gasteiger partial charge is 0.357 e. The first-order chi connectivity index (χ1) is 8.26. The molecule has 5 heteroatoms. The number of hydrogen-bond acceptors (Lipinski definition) is 4. The molecule has 94 valence electrons. The summed E-state index contributed by atoms with van der Waals surface area (Å²) < 4.78 is 0. The molecule has 0 aliphatic heterocycles. The normalized spacial score (nSPS) is 14.8. The van der Waals surface area contributed by atoms with Crippen LogP contribution in [0.5, 0.6) is 0 Å². The molecule has 0 unspecified atom stereocenters. The second-order valence-corrected chi connectivity index (χ2v) is 4.80. The molecule has 1 fully saturated rings. The van der Waals surface area contributed by atoms with Gasteiger partial charge < -0.3 is 10.2 Å². The van der Waals surface area contributed by atoms with E-state index in [0.717, 1.165) is 12.4 Å². The number of nitrogens with one attached hydrogen (secondary N) is 1. The van der Waals surface area contributed by atoms with Crippen molar-refractivity contribution in [2.75, 3.05) is 23.8 Å². The minimum absolute atomic E-state index is 0.624. The van der Waals surface area contributed by atoms with Gasteiger partial charge in [0.25, 0.3) is 0 Å². The van der Waals surface area contributed by atoms with E-state index < -0.39 is 0 Å². The number of hydrogen-bond donors (Lipinski definition) is 1. The Kier molecular flexibility index (Phi) is 4.05. The summed E-state index contributed by atoms with van der Waals surface area (Å²) in [5, 5.41) is 3.60. The fraction of sp³-hybridized carbons (Fsp3) is 0.667. The van der Waals surface area contributed by atoms with Gasteiger partial charge in [0.1, 0.15) is 5.02 Å². The van der Waals surface area contributed by atoms with Crippen LogP contribution in [-0.2, 0) is 0 Å². The summed E-state index contributed by atoms with van der Waals surface area (Å²) >= 11 is 6.20. The van der Waals surface area contributed by atoms with E-state index in [-0.39, 0.29) is 0 Å². The predicted molar refractivity (Wildman–Crippen MR) is 71.9 cm³/mol. The van der Waals surface area contributed by atoms with Crippen LogP contribution in [0.4, 0.5) is 11.8 Å². The fourth-order valence-corrected chi connectivity index (χ4v) is 2.06. The molecule has 0 atom stereocenters. The van der Waals surface area contributed by atoms with E-state index in [0.29, 0.717) is 17.0 Å². The molecule has 0 bridgehead atoms. The Morgan fingerprint density at radius 1 is 1.53 bits per heavy atom. The van der Waals surface area contributed by atoms with Crippen molar-refractivity contribution in [3.05, 3.63) is 11.2 Å². The summed E-state index contributed by atoms with van der Waals surface area (Å²) in [4.78, 5) is 10.9. The van der Waals surface area contributed by atoms with Gasteiger partial charge in [0.15, 0.2) is 5.82 Å². The summed E-state index contributed by atoms with van der Waals surface area (Å²) in [7, 11) is 1.82. The van der Waals surface area contributed by atoms with E-state index in [4.69, 9.17) is 11.6 Å². The standard InChI is InChI=1S/C12H19ClN4/c1-3-4-7-17(9-5-6-9)11-10(13)8-15-12(14-2)16-11/h8-9H,3-7H2,1-2H3,(H,14,15,16). The van der Waals surface area contributed by atoms with Crippen LogP contribution < -0.4 is 10.2 Å². The lowest BCUT2D eigenvalue weighted by molar-refractivity contribution is 0.704. The lowest BCUT2D eigenvalue weighted by atomic mass is 10.3. The zero-order chi connectivity index (χ0) is 12.3. The number of aromatic nitrogens is 2. The van der Waals surface area contributed by atoms with Crippen LogP contribution in [0.2, 0.25) is 5.02 Å². The van der Waals surface area contributed by atoms with Crippen LogP contribution in [0.3, 0.4) is 0 Å². The maximum absolute atomic E-state index is 6.20. The van der Waals surface area contributed by atoms with E-state index in [1.807, 2.05) is 7.05 Å². The molecular weight excluding hydrogens is 236 g/mol. The molecule has 0 spiro atoms. The highest BCUT2D eigenvalue weighted by Gasteiger charge is 2.31. The number of rotatable bonds is 6. The molecule has 1 heterocycles. The molecule has 0 amide bonds. The van der Waals surface area contributed by atoms with Gasteiger partial charge in [-0.25, -0.2) is 4.98 Å². The average molecular weight is 255 g/mol. The number of anilines is 2. The van der Waals surface area contributed by atoms with Crippen molar-refractivity contribution in [1.29, 1.82) is 0 Å². The second-order valence-electron chi connectivity index (χ2n) is 4.39. The molecule has 4 nitrogen and oxygen atoms in total. The molecule has 1 aromatic rings. The Hall–Kier alpha value is -1.03. The van der Waals surface area contributed by atoms with Gasteiger partial charge in [-0.1, -0.05) is 24.9 Å².